The van der Waals surface area contributed by atoms with Gasteiger partial charge < -0.3 is 14.8 Å². The van der Waals surface area contributed by atoms with E-state index in [0.29, 0.717) is 29.3 Å². The summed E-state index contributed by atoms with van der Waals surface area (Å²) in [6.45, 7) is 2.66. The van der Waals surface area contributed by atoms with Crippen LogP contribution >= 0.6 is 0 Å². The molecule has 0 saturated heterocycles. The highest BCUT2D eigenvalue weighted by atomic mass is 16.5. The predicted octanol–water partition coefficient (Wildman–Crippen LogP) is 4.06. The van der Waals surface area contributed by atoms with Crippen molar-refractivity contribution in [2.45, 2.75) is 13.3 Å². The molecule has 0 radical (unpaired) electrons. The molecule has 1 aromatic heterocycles. The number of carbonyl (C=O) groups is 1. The van der Waals surface area contributed by atoms with Gasteiger partial charge in [0, 0.05) is 17.5 Å². The van der Waals surface area contributed by atoms with E-state index >= 15 is 0 Å². The number of ether oxygens (including phenoxy) is 2. The average molecular weight is 350 g/mol. The zero-order valence-electron chi connectivity index (χ0n) is 15.2. The Morgan fingerprint density at radius 2 is 1.88 bits per heavy atom. The van der Waals surface area contributed by atoms with E-state index in [2.05, 4.69) is 5.32 Å². The molecule has 1 N–H and O–H groups in total. The predicted molar refractivity (Wildman–Crippen MR) is 103 cm³/mol. The molecule has 0 aliphatic heterocycles. The van der Waals surface area contributed by atoms with Gasteiger partial charge in [0.05, 0.1) is 31.0 Å². The number of benzene rings is 2. The van der Waals surface area contributed by atoms with Gasteiger partial charge in [-0.1, -0.05) is 25.1 Å². The molecule has 1 amide bonds. The summed E-state index contributed by atoms with van der Waals surface area (Å²) in [7, 11) is 3.23. The lowest BCUT2D eigenvalue weighted by Crippen LogP contribution is -2.24. The number of nitrogens with one attached hydrogen (secondary N) is 1. The largest absolute Gasteiger partial charge is 0.497 e. The van der Waals surface area contributed by atoms with Crippen molar-refractivity contribution in [2.75, 3.05) is 20.8 Å². The van der Waals surface area contributed by atoms with Crippen molar-refractivity contribution in [3.8, 4) is 22.8 Å². The maximum atomic E-state index is 12.7. The second-order valence-corrected chi connectivity index (χ2v) is 5.89. The summed E-state index contributed by atoms with van der Waals surface area (Å²) >= 11 is 0. The van der Waals surface area contributed by atoms with Crippen LogP contribution in [0.15, 0.2) is 48.5 Å². The zero-order valence-corrected chi connectivity index (χ0v) is 15.2. The second kappa shape index (κ2) is 7.87. The maximum Gasteiger partial charge on any atom is 0.252 e. The van der Waals surface area contributed by atoms with E-state index in [-0.39, 0.29) is 5.91 Å². The Kier molecular flexibility index (Phi) is 5.37. The SMILES string of the molecule is CCCNC(=O)c1cc(-c2cc(OC)ccc2OC)nc2ccccc12. The minimum atomic E-state index is -0.103. The normalized spacial score (nSPS) is 10.6. The lowest BCUT2D eigenvalue weighted by molar-refractivity contribution is 0.0955. The topological polar surface area (TPSA) is 60.5 Å². The number of aromatic nitrogens is 1. The first kappa shape index (κ1) is 17.7. The van der Waals surface area contributed by atoms with Crippen LogP contribution < -0.4 is 14.8 Å². The first-order chi connectivity index (χ1) is 12.7. The molecule has 0 unspecified atom stereocenters. The van der Waals surface area contributed by atoms with Gasteiger partial charge in [0.2, 0.25) is 0 Å². The Bertz CT molecular complexity index is 938. The van der Waals surface area contributed by atoms with Gasteiger partial charge in [-0.25, -0.2) is 4.98 Å². The monoisotopic (exact) mass is 350 g/mol. The van der Waals surface area contributed by atoms with E-state index in [4.69, 9.17) is 14.5 Å². The molecule has 0 aliphatic carbocycles. The molecule has 3 aromatic rings. The van der Waals surface area contributed by atoms with Crippen molar-refractivity contribution >= 4 is 16.8 Å². The van der Waals surface area contributed by atoms with E-state index in [1.54, 1.807) is 14.2 Å². The highest BCUT2D eigenvalue weighted by molar-refractivity contribution is 6.07. The second-order valence-electron chi connectivity index (χ2n) is 5.89. The smallest absolute Gasteiger partial charge is 0.252 e. The molecule has 0 saturated carbocycles. The van der Waals surface area contributed by atoms with Crippen LogP contribution in [0.1, 0.15) is 23.7 Å². The molecule has 0 bridgehead atoms. The molecule has 134 valence electrons. The van der Waals surface area contributed by atoms with Crippen LogP contribution in [0.2, 0.25) is 0 Å². The third kappa shape index (κ3) is 3.47. The van der Waals surface area contributed by atoms with Crippen LogP contribution in [0.3, 0.4) is 0 Å². The third-order valence-corrected chi connectivity index (χ3v) is 4.18. The zero-order chi connectivity index (χ0) is 18.5. The van der Waals surface area contributed by atoms with Crippen LogP contribution in [0.25, 0.3) is 22.2 Å². The number of rotatable bonds is 6. The van der Waals surface area contributed by atoms with Gasteiger partial charge in [-0.05, 0) is 36.8 Å². The van der Waals surface area contributed by atoms with Crippen LogP contribution in [-0.2, 0) is 0 Å². The van der Waals surface area contributed by atoms with E-state index in [9.17, 15) is 4.79 Å². The lowest BCUT2D eigenvalue weighted by atomic mass is 10.0. The van der Waals surface area contributed by atoms with Crippen molar-refractivity contribution in [1.82, 2.24) is 10.3 Å². The summed E-state index contributed by atoms with van der Waals surface area (Å²) in [6.07, 6.45) is 0.880. The molecule has 0 fully saturated rings. The van der Waals surface area contributed by atoms with Crippen molar-refractivity contribution in [3.63, 3.8) is 0 Å². The number of hydrogen-bond donors (Lipinski definition) is 1. The Labute approximate surface area is 153 Å². The highest BCUT2D eigenvalue weighted by Crippen LogP contribution is 2.34. The summed E-state index contributed by atoms with van der Waals surface area (Å²) in [5, 5.41) is 3.77. The number of fused-ring (bicyclic) bond motifs is 1. The Balaban J connectivity index is 2.20. The quantitative estimate of drug-likeness (QED) is 0.728. The highest BCUT2D eigenvalue weighted by Gasteiger charge is 2.16. The molecule has 1 heterocycles. The maximum absolute atomic E-state index is 12.7. The average Bonchev–Trinajstić information content (AvgIpc) is 2.70. The van der Waals surface area contributed by atoms with Gasteiger partial charge in [-0.15, -0.1) is 0 Å². The minimum absolute atomic E-state index is 0.103. The number of amides is 1. The van der Waals surface area contributed by atoms with Crippen molar-refractivity contribution in [2.24, 2.45) is 0 Å². The standard InChI is InChI=1S/C21H22N2O3/c1-4-11-22-21(24)16-13-19(23-18-8-6-5-7-15(16)18)17-12-14(25-2)9-10-20(17)26-3/h5-10,12-13H,4,11H2,1-3H3,(H,22,24). The molecule has 0 atom stereocenters. The van der Waals surface area contributed by atoms with Crippen molar-refractivity contribution in [1.29, 1.82) is 0 Å². The summed E-state index contributed by atoms with van der Waals surface area (Å²) in [4.78, 5) is 17.4. The Morgan fingerprint density at radius 3 is 2.62 bits per heavy atom. The van der Waals surface area contributed by atoms with Gasteiger partial charge in [0.15, 0.2) is 0 Å². The molecule has 3 rings (SSSR count). The number of methoxy groups -OCH3 is 2. The molecule has 5 nitrogen and oxygen atoms in total. The molecular weight excluding hydrogens is 328 g/mol. The summed E-state index contributed by atoms with van der Waals surface area (Å²) in [6, 6.07) is 15.0. The summed E-state index contributed by atoms with van der Waals surface area (Å²) < 4.78 is 10.8. The van der Waals surface area contributed by atoms with Gasteiger partial charge in [-0.2, -0.15) is 0 Å². The first-order valence-corrected chi connectivity index (χ1v) is 8.58. The van der Waals surface area contributed by atoms with E-state index in [1.165, 1.54) is 0 Å². The molecule has 0 aliphatic rings. The summed E-state index contributed by atoms with van der Waals surface area (Å²) in [5.41, 5.74) is 2.81. The van der Waals surface area contributed by atoms with Gasteiger partial charge in [-0.3, -0.25) is 4.79 Å². The Hall–Kier alpha value is -3.08. The third-order valence-electron chi connectivity index (χ3n) is 4.18. The number of hydrogen-bond acceptors (Lipinski definition) is 4. The van der Waals surface area contributed by atoms with E-state index in [0.717, 1.165) is 22.9 Å². The summed E-state index contributed by atoms with van der Waals surface area (Å²) in [5.74, 6) is 1.27. The number of pyridine rings is 1. The number of nitrogens with zero attached hydrogens (tertiary/aromatic N) is 1. The molecular formula is C21H22N2O3. The first-order valence-electron chi connectivity index (χ1n) is 8.58. The van der Waals surface area contributed by atoms with E-state index in [1.807, 2.05) is 55.5 Å². The lowest BCUT2D eigenvalue weighted by Gasteiger charge is -2.13. The fourth-order valence-corrected chi connectivity index (χ4v) is 2.85. The van der Waals surface area contributed by atoms with Gasteiger partial charge in [0.25, 0.3) is 5.91 Å². The fourth-order valence-electron chi connectivity index (χ4n) is 2.85. The Morgan fingerprint density at radius 1 is 1.08 bits per heavy atom. The van der Waals surface area contributed by atoms with Crippen molar-refractivity contribution in [3.05, 3.63) is 54.1 Å². The van der Waals surface area contributed by atoms with Gasteiger partial charge >= 0.3 is 0 Å². The minimum Gasteiger partial charge on any atom is -0.497 e. The van der Waals surface area contributed by atoms with Crippen LogP contribution in [-0.4, -0.2) is 31.7 Å². The molecule has 2 aromatic carbocycles. The van der Waals surface area contributed by atoms with Crippen molar-refractivity contribution < 1.29 is 14.3 Å². The van der Waals surface area contributed by atoms with Crippen LogP contribution in [0, 0.1) is 0 Å². The van der Waals surface area contributed by atoms with Crippen LogP contribution in [0.4, 0.5) is 0 Å². The number of para-hydroxylation sites is 1. The van der Waals surface area contributed by atoms with Gasteiger partial charge in [0.1, 0.15) is 11.5 Å². The van der Waals surface area contributed by atoms with Crippen LogP contribution in [0.5, 0.6) is 11.5 Å². The molecule has 26 heavy (non-hydrogen) atoms. The molecule has 5 heteroatoms. The van der Waals surface area contributed by atoms with E-state index < -0.39 is 0 Å². The number of carbonyl (C=O) groups excluding carboxylic acids is 1. The fraction of sp³-hybridized carbons (Fsp3) is 0.238. The molecule has 0 spiro atoms.